The van der Waals surface area contributed by atoms with Crippen LogP contribution >= 0.6 is 15.9 Å². The Hall–Kier alpha value is -1.29. The van der Waals surface area contributed by atoms with Gasteiger partial charge in [-0.3, -0.25) is 4.79 Å². The number of methoxy groups -OCH3 is 1. The van der Waals surface area contributed by atoms with E-state index >= 15 is 0 Å². The summed E-state index contributed by atoms with van der Waals surface area (Å²) in [7, 11) is 1.59. The van der Waals surface area contributed by atoms with E-state index in [2.05, 4.69) is 20.9 Å². The van der Waals surface area contributed by atoms with E-state index in [9.17, 15) is 4.79 Å². The molecule has 4 heteroatoms. The number of aromatic nitrogens is 1. The fourth-order valence-electron chi connectivity index (χ4n) is 1.48. The van der Waals surface area contributed by atoms with Crippen molar-refractivity contribution in [1.82, 2.24) is 4.98 Å². The second-order valence-electron chi connectivity index (χ2n) is 2.89. The van der Waals surface area contributed by atoms with E-state index < -0.39 is 0 Å². The Labute approximate surface area is 89.2 Å². The van der Waals surface area contributed by atoms with E-state index in [1.165, 1.54) is 0 Å². The number of benzene rings is 1. The summed E-state index contributed by atoms with van der Waals surface area (Å²) in [5.41, 5.74) is 1.50. The number of nitrogens with one attached hydrogen (secondary N) is 1. The third-order valence-electron chi connectivity index (χ3n) is 2.09. The van der Waals surface area contributed by atoms with Crippen LogP contribution in [0.4, 0.5) is 0 Å². The van der Waals surface area contributed by atoms with Gasteiger partial charge >= 0.3 is 0 Å². The van der Waals surface area contributed by atoms with Crippen LogP contribution in [0.5, 0.6) is 5.75 Å². The summed E-state index contributed by atoms with van der Waals surface area (Å²) in [6, 6.07) is 3.74. The van der Waals surface area contributed by atoms with Gasteiger partial charge < -0.3 is 9.72 Å². The van der Waals surface area contributed by atoms with Crippen molar-refractivity contribution in [2.45, 2.75) is 0 Å². The number of carbonyl (C=O) groups is 1. The Balaban J connectivity index is 2.85. The highest BCUT2D eigenvalue weighted by Gasteiger charge is 2.09. The molecule has 1 N–H and O–H groups in total. The van der Waals surface area contributed by atoms with Crippen LogP contribution in [0.25, 0.3) is 10.9 Å². The van der Waals surface area contributed by atoms with E-state index in [0.29, 0.717) is 11.3 Å². The van der Waals surface area contributed by atoms with Crippen LogP contribution in [0.2, 0.25) is 0 Å². The largest absolute Gasteiger partial charge is 0.496 e. The molecule has 0 unspecified atom stereocenters. The Morgan fingerprint density at radius 1 is 1.50 bits per heavy atom. The molecule has 0 atom stereocenters. The van der Waals surface area contributed by atoms with Crippen LogP contribution in [-0.2, 0) is 0 Å². The second kappa shape index (κ2) is 3.46. The number of halogens is 1. The van der Waals surface area contributed by atoms with Crippen LogP contribution in [-0.4, -0.2) is 18.4 Å². The lowest BCUT2D eigenvalue weighted by Crippen LogP contribution is -1.86. The van der Waals surface area contributed by atoms with Crippen LogP contribution in [0.3, 0.4) is 0 Å². The zero-order valence-electron chi connectivity index (χ0n) is 7.50. The van der Waals surface area contributed by atoms with Crippen molar-refractivity contribution >= 4 is 33.1 Å². The van der Waals surface area contributed by atoms with Crippen LogP contribution in [0.1, 0.15) is 10.4 Å². The fraction of sp³-hybridized carbons (Fsp3) is 0.100. The zero-order chi connectivity index (χ0) is 10.1. The number of rotatable bonds is 2. The van der Waals surface area contributed by atoms with Crippen LogP contribution < -0.4 is 4.74 Å². The number of fused-ring (bicyclic) bond motifs is 1. The normalized spacial score (nSPS) is 10.4. The molecular formula is C10H8BrNO2. The van der Waals surface area contributed by atoms with Crippen LogP contribution in [0, 0.1) is 0 Å². The van der Waals surface area contributed by atoms with Gasteiger partial charge in [-0.2, -0.15) is 0 Å². The third kappa shape index (κ3) is 1.32. The minimum atomic E-state index is 0.615. The van der Waals surface area contributed by atoms with E-state index in [-0.39, 0.29) is 0 Å². The predicted molar refractivity (Wildman–Crippen MR) is 57.9 cm³/mol. The maximum absolute atomic E-state index is 10.7. The molecule has 1 aromatic heterocycles. The summed E-state index contributed by atoms with van der Waals surface area (Å²) < 4.78 is 6.12. The summed E-state index contributed by atoms with van der Waals surface area (Å²) >= 11 is 3.37. The van der Waals surface area contributed by atoms with Crippen molar-refractivity contribution in [1.29, 1.82) is 0 Å². The minimum absolute atomic E-state index is 0.615. The number of ether oxygens (including phenoxy) is 1. The molecule has 0 spiro atoms. The summed E-state index contributed by atoms with van der Waals surface area (Å²) in [4.78, 5) is 13.8. The van der Waals surface area contributed by atoms with Crippen molar-refractivity contribution in [2.24, 2.45) is 0 Å². The van der Waals surface area contributed by atoms with Crippen molar-refractivity contribution in [2.75, 3.05) is 7.11 Å². The van der Waals surface area contributed by atoms with Gasteiger partial charge in [-0.15, -0.1) is 0 Å². The highest BCUT2D eigenvalue weighted by molar-refractivity contribution is 9.10. The molecule has 14 heavy (non-hydrogen) atoms. The average molecular weight is 254 g/mol. The molecule has 2 rings (SSSR count). The van der Waals surface area contributed by atoms with Gasteiger partial charge in [0.1, 0.15) is 5.75 Å². The molecule has 0 bridgehead atoms. The first-order valence-electron chi connectivity index (χ1n) is 4.06. The van der Waals surface area contributed by atoms with E-state index in [0.717, 1.165) is 21.7 Å². The molecule has 0 radical (unpaired) electrons. The Morgan fingerprint density at radius 3 is 2.93 bits per heavy atom. The minimum Gasteiger partial charge on any atom is -0.496 e. The van der Waals surface area contributed by atoms with Gasteiger partial charge in [0.05, 0.1) is 18.0 Å². The van der Waals surface area contributed by atoms with Gasteiger partial charge in [0, 0.05) is 16.2 Å². The highest BCUT2D eigenvalue weighted by atomic mass is 79.9. The average Bonchev–Trinajstić information content (AvgIpc) is 2.59. The number of H-pyrrole nitrogens is 1. The Bertz CT molecular complexity index is 490. The first kappa shape index (κ1) is 9.27. The number of carbonyl (C=O) groups excluding carboxylic acids is 1. The number of hydrogen-bond acceptors (Lipinski definition) is 2. The maximum Gasteiger partial charge on any atom is 0.152 e. The van der Waals surface area contributed by atoms with Gasteiger partial charge in [0.25, 0.3) is 0 Å². The van der Waals surface area contributed by atoms with Gasteiger partial charge in [0.15, 0.2) is 6.29 Å². The quantitative estimate of drug-likeness (QED) is 0.837. The fourth-order valence-corrected chi connectivity index (χ4v) is 1.91. The molecule has 0 aliphatic rings. The maximum atomic E-state index is 10.7. The molecule has 0 fully saturated rings. The summed E-state index contributed by atoms with van der Waals surface area (Å²) in [6.07, 6.45) is 2.49. The lowest BCUT2D eigenvalue weighted by atomic mass is 10.2. The van der Waals surface area contributed by atoms with E-state index in [4.69, 9.17) is 4.74 Å². The van der Waals surface area contributed by atoms with Crippen molar-refractivity contribution in [3.05, 3.63) is 28.4 Å². The zero-order valence-corrected chi connectivity index (χ0v) is 9.09. The molecule has 1 heterocycles. The standard InChI is InChI=1S/C10H8BrNO2/c1-14-9-3-7(11)2-8-10(9)6(5-13)4-12-8/h2-5,12H,1H3. The molecule has 0 aliphatic carbocycles. The monoisotopic (exact) mass is 253 g/mol. The smallest absolute Gasteiger partial charge is 0.152 e. The van der Waals surface area contributed by atoms with Gasteiger partial charge in [-0.05, 0) is 12.1 Å². The summed E-state index contributed by atoms with van der Waals surface area (Å²) in [5.74, 6) is 0.692. The lowest BCUT2D eigenvalue weighted by molar-refractivity contribution is 0.112. The molecule has 72 valence electrons. The lowest BCUT2D eigenvalue weighted by Gasteiger charge is -2.03. The summed E-state index contributed by atoms with van der Waals surface area (Å²) in [5, 5.41) is 0.825. The number of hydrogen-bond donors (Lipinski definition) is 1. The van der Waals surface area contributed by atoms with E-state index in [1.54, 1.807) is 13.3 Å². The SMILES string of the molecule is COc1cc(Br)cc2[nH]cc(C=O)c12. The molecule has 0 amide bonds. The number of aromatic amines is 1. The molecule has 1 aromatic carbocycles. The summed E-state index contributed by atoms with van der Waals surface area (Å²) in [6.45, 7) is 0. The topological polar surface area (TPSA) is 42.1 Å². The first-order chi connectivity index (χ1) is 6.76. The predicted octanol–water partition coefficient (Wildman–Crippen LogP) is 2.75. The molecule has 2 aromatic rings. The molecule has 0 saturated heterocycles. The van der Waals surface area contributed by atoms with Gasteiger partial charge in [-0.25, -0.2) is 0 Å². The van der Waals surface area contributed by atoms with Crippen molar-refractivity contribution in [3.8, 4) is 5.75 Å². The number of aldehydes is 1. The Kier molecular flexibility index (Phi) is 2.29. The first-order valence-corrected chi connectivity index (χ1v) is 4.85. The third-order valence-corrected chi connectivity index (χ3v) is 2.54. The molecule has 0 aliphatic heterocycles. The highest BCUT2D eigenvalue weighted by Crippen LogP contribution is 2.31. The van der Waals surface area contributed by atoms with Crippen molar-refractivity contribution in [3.63, 3.8) is 0 Å². The molecular weight excluding hydrogens is 246 g/mol. The van der Waals surface area contributed by atoms with Crippen molar-refractivity contribution < 1.29 is 9.53 Å². The van der Waals surface area contributed by atoms with Gasteiger partial charge in [0.2, 0.25) is 0 Å². The van der Waals surface area contributed by atoms with Gasteiger partial charge in [-0.1, -0.05) is 15.9 Å². The Morgan fingerprint density at radius 2 is 2.29 bits per heavy atom. The molecule has 0 saturated carbocycles. The van der Waals surface area contributed by atoms with Crippen LogP contribution in [0.15, 0.2) is 22.8 Å². The molecule has 3 nitrogen and oxygen atoms in total. The second-order valence-corrected chi connectivity index (χ2v) is 3.81. The van der Waals surface area contributed by atoms with E-state index in [1.807, 2.05) is 12.1 Å².